The van der Waals surface area contributed by atoms with E-state index in [-0.39, 0.29) is 30.0 Å². The summed E-state index contributed by atoms with van der Waals surface area (Å²) in [4.78, 5) is 37.7. The van der Waals surface area contributed by atoms with E-state index in [0.717, 1.165) is 0 Å². The van der Waals surface area contributed by atoms with Crippen LogP contribution in [-0.4, -0.2) is 44.8 Å². The lowest BCUT2D eigenvalue weighted by molar-refractivity contribution is -0.137. The topological polar surface area (TPSA) is 137 Å². The third kappa shape index (κ3) is 4.06. The zero-order valence-electron chi connectivity index (χ0n) is 15.6. The SMILES string of the molecule is CCOC(=O)c1c(CC(=O)O)[nH]c2ccc(O)c(-c3ccc(CC(=O)O)cc3)c12. The molecule has 2 aromatic carbocycles. The first-order valence-corrected chi connectivity index (χ1v) is 8.88. The Balaban J connectivity index is 2.24. The molecule has 0 saturated carbocycles. The average Bonchev–Trinajstić information content (AvgIpc) is 2.99. The number of rotatable bonds is 7. The maximum absolute atomic E-state index is 12.6. The molecule has 8 heteroatoms. The number of phenolic OH excluding ortho intramolecular Hbond substituents is 1. The van der Waals surface area contributed by atoms with Crippen molar-refractivity contribution >= 4 is 28.8 Å². The molecule has 0 atom stereocenters. The smallest absolute Gasteiger partial charge is 0.340 e. The minimum absolute atomic E-state index is 0.0600. The van der Waals surface area contributed by atoms with Crippen molar-refractivity contribution in [2.75, 3.05) is 6.61 Å². The summed E-state index contributed by atoms with van der Waals surface area (Å²) >= 11 is 0. The monoisotopic (exact) mass is 397 g/mol. The number of fused-ring (bicyclic) bond motifs is 1. The number of aliphatic carboxylic acids is 2. The van der Waals surface area contributed by atoms with Crippen LogP contribution in [0.1, 0.15) is 28.5 Å². The number of ether oxygens (including phenoxy) is 1. The number of esters is 1. The number of carbonyl (C=O) groups excluding carboxylic acids is 1. The van der Waals surface area contributed by atoms with Crippen LogP contribution >= 0.6 is 0 Å². The van der Waals surface area contributed by atoms with Crippen molar-refractivity contribution < 1.29 is 34.4 Å². The molecule has 8 nitrogen and oxygen atoms in total. The van der Waals surface area contributed by atoms with Crippen molar-refractivity contribution in [3.63, 3.8) is 0 Å². The quantitative estimate of drug-likeness (QED) is 0.450. The van der Waals surface area contributed by atoms with E-state index in [1.807, 2.05) is 0 Å². The number of H-pyrrole nitrogens is 1. The Morgan fingerprint density at radius 3 is 2.21 bits per heavy atom. The number of carboxylic acids is 2. The molecule has 0 aliphatic carbocycles. The first kappa shape index (κ1) is 19.9. The molecule has 0 unspecified atom stereocenters. The Labute approximate surface area is 165 Å². The summed E-state index contributed by atoms with van der Waals surface area (Å²) in [7, 11) is 0. The van der Waals surface area contributed by atoms with Gasteiger partial charge in [-0.15, -0.1) is 0 Å². The van der Waals surface area contributed by atoms with E-state index >= 15 is 0 Å². The summed E-state index contributed by atoms with van der Waals surface area (Å²) in [6, 6.07) is 9.53. The van der Waals surface area contributed by atoms with E-state index < -0.39 is 24.3 Å². The molecule has 0 aliphatic rings. The fourth-order valence-electron chi connectivity index (χ4n) is 3.30. The van der Waals surface area contributed by atoms with Gasteiger partial charge in [-0.25, -0.2) is 4.79 Å². The number of aromatic amines is 1. The number of aromatic hydroxyl groups is 1. The molecule has 4 N–H and O–H groups in total. The van der Waals surface area contributed by atoms with Crippen LogP contribution in [0.25, 0.3) is 22.0 Å². The number of aromatic nitrogens is 1. The number of hydrogen-bond donors (Lipinski definition) is 4. The Hall–Kier alpha value is -3.81. The molecule has 0 spiro atoms. The van der Waals surface area contributed by atoms with Crippen molar-refractivity contribution in [2.45, 2.75) is 19.8 Å². The first-order chi connectivity index (χ1) is 13.8. The molecule has 0 saturated heterocycles. The van der Waals surface area contributed by atoms with Crippen LogP contribution in [0.3, 0.4) is 0 Å². The molecule has 1 aromatic heterocycles. The van der Waals surface area contributed by atoms with Gasteiger partial charge >= 0.3 is 17.9 Å². The number of nitrogens with one attached hydrogen (secondary N) is 1. The Kier molecular flexibility index (Phi) is 5.54. The standard InChI is InChI=1S/C21H19NO7/c1-2-29-21(28)20-14(10-17(26)27)22-13-7-8-15(23)18(19(13)20)12-5-3-11(4-6-12)9-16(24)25/h3-8,22-23H,2,9-10H2,1H3,(H,24,25)(H,26,27). The highest BCUT2D eigenvalue weighted by atomic mass is 16.5. The summed E-state index contributed by atoms with van der Waals surface area (Å²) < 4.78 is 5.11. The summed E-state index contributed by atoms with van der Waals surface area (Å²) in [5.74, 6) is -2.87. The van der Waals surface area contributed by atoms with Crippen molar-refractivity contribution in [1.29, 1.82) is 0 Å². The molecule has 3 aromatic rings. The van der Waals surface area contributed by atoms with E-state index in [0.29, 0.717) is 27.6 Å². The van der Waals surface area contributed by atoms with E-state index in [1.54, 1.807) is 37.3 Å². The molecule has 0 aliphatic heterocycles. The van der Waals surface area contributed by atoms with Crippen LogP contribution < -0.4 is 0 Å². The lowest BCUT2D eigenvalue weighted by Crippen LogP contribution is -2.10. The van der Waals surface area contributed by atoms with Crippen molar-refractivity contribution in [1.82, 2.24) is 4.98 Å². The average molecular weight is 397 g/mol. The van der Waals surface area contributed by atoms with Gasteiger partial charge in [-0.2, -0.15) is 0 Å². The maximum Gasteiger partial charge on any atom is 0.340 e. The largest absolute Gasteiger partial charge is 0.507 e. The van der Waals surface area contributed by atoms with Crippen LogP contribution in [0.2, 0.25) is 0 Å². The second-order valence-corrected chi connectivity index (χ2v) is 6.42. The second kappa shape index (κ2) is 8.05. The molecule has 0 radical (unpaired) electrons. The highest BCUT2D eigenvalue weighted by Gasteiger charge is 2.25. The fourth-order valence-corrected chi connectivity index (χ4v) is 3.30. The van der Waals surface area contributed by atoms with Crippen LogP contribution in [0, 0.1) is 0 Å². The number of hydrogen-bond acceptors (Lipinski definition) is 5. The third-order valence-corrected chi connectivity index (χ3v) is 4.43. The highest BCUT2D eigenvalue weighted by molar-refractivity contribution is 6.13. The normalized spacial score (nSPS) is 10.8. The van der Waals surface area contributed by atoms with Gasteiger partial charge in [0.1, 0.15) is 5.75 Å². The Morgan fingerprint density at radius 2 is 1.62 bits per heavy atom. The van der Waals surface area contributed by atoms with Crippen molar-refractivity contribution in [2.24, 2.45) is 0 Å². The molecular weight excluding hydrogens is 378 g/mol. The lowest BCUT2D eigenvalue weighted by atomic mass is 9.95. The molecule has 0 amide bonds. The Bertz CT molecular complexity index is 1100. The zero-order valence-corrected chi connectivity index (χ0v) is 15.6. The molecule has 3 rings (SSSR count). The summed E-state index contributed by atoms with van der Waals surface area (Å²) in [6.07, 6.45) is -0.558. The third-order valence-electron chi connectivity index (χ3n) is 4.43. The summed E-state index contributed by atoms with van der Waals surface area (Å²) in [5, 5.41) is 29.0. The van der Waals surface area contributed by atoms with Gasteiger partial charge in [0.15, 0.2) is 0 Å². The molecular formula is C21H19NO7. The summed E-state index contributed by atoms with van der Waals surface area (Å²) in [6.45, 7) is 1.75. The molecule has 0 bridgehead atoms. The van der Waals surface area contributed by atoms with Crippen LogP contribution in [0.4, 0.5) is 0 Å². The van der Waals surface area contributed by atoms with Gasteiger partial charge in [0.2, 0.25) is 0 Å². The van der Waals surface area contributed by atoms with E-state index in [1.165, 1.54) is 6.07 Å². The van der Waals surface area contributed by atoms with E-state index in [4.69, 9.17) is 9.84 Å². The molecule has 150 valence electrons. The van der Waals surface area contributed by atoms with Crippen LogP contribution in [0.5, 0.6) is 5.75 Å². The minimum atomic E-state index is -1.12. The van der Waals surface area contributed by atoms with Crippen LogP contribution in [0.15, 0.2) is 36.4 Å². The van der Waals surface area contributed by atoms with Crippen LogP contribution in [-0.2, 0) is 27.2 Å². The molecule has 29 heavy (non-hydrogen) atoms. The number of carbonyl (C=O) groups is 3. The highest BCUT2D eigenvalue weighted by Crippen LogP contribution is 2.40. The lowest BCUT2D eigenvalue weighted by Gasteiger charge is -2.10. The summed E-state index contributed by atoms with van der Waals surface area (Å²) in [5.41, 5.74) is 2.19. The van der Waals surface area contributed by atoms with Gasteiger partial charge in [0, 0.05) is 22.2 Å². The maximum atomic E-state index is 12.6. The van der Waals surface area contributed by atoms with Gasteiger partial charge in [-0.05, 0) is 30.2 Å². The van der Waals surface area contributed by atoms with Gasteiger partial charge in [-0.1, -0.05) is 24.3 Å². The fraction of sp³-hybridized carbons (Fsp3) is 0.190. The number of benzene rings is 2. The number of phenols is 1. The first-order valence-electron chi connectivity index (χ1n) is 8.88. The van der Waals surface area contributed by atoms with Gasteiger partial charge < -0.3 is 25.0 Å². The predicted molar refractivity (Wildman–Crippen MR) is 104 cm³/mol. The van der Waals surface area contributed by atoms with Gasteiger partial charge in [-0.3, -0.25) is 9.59 Å². The van der Waals surface area contributed by atoms with Gasteiger partial charge in [0.05, 0.1) is 25.0 Å². The molecule has 1 heterocycles. The van der Waals surface area contributed by atoms with E-state index in [2.05, 4.69) is 4.98 Å². The van der Waals surface area contributed by atoms with Gasteiger partial charge in [0.25, 0.3) is 0 Å². The molecule has 0 fully saturated rings. The van der Waals surface area contributed by atoms with Crippen molar-refractivity contribution in [3.8, 4) is 16.9 Å². The predicted octanol–water partition coefficient (Wildman–Crippen LogP) is 2.97. The van der Waals surface area contributed by atoms with Crippen molar-refractivity contribution in [3.05, 3.63) is 53.2 Å². The zero-order chi connectivity index (χ0) is 21.1. The second-order valence-electron chi connectivity index (χ2n) is 6.42. The minimum Gasteiger partial charge on any atom is -0.507 e. The Morgan fingerprint density at radius 1 is 0.966 bits per heavy atom. The number of carboxylic acid groups (broad SMARTS) is 2. The van der Waals surface area contributed by atoms with E-state index in [9.17, 15) is 24.6 Å².